The van der Waals surface area contributed by atoms with Gasteiger partial charge in [-0.1, -0.05) is 0 Å². The molecule has 0 spiro atoms. The average Bonchev–Trinajstić information content (AvgIpc) is 3.13. The van der Waals surface area contributed by atoms with Gasteiger partial charge in [-0.2, -0.15) is 11.3 Å². The highest BCUT2D eigenvalue weighted by atomic mass is 32.1. The predicted molar refractivity (Wildman–Crippen MR) is 74.7 cm³/mol. The number of carbonyl (C=O) groups is 1. The maximum absolute atomic E-state index is 10.8. The lowest BCUT2D eigenvalue weighted by Gasteiger charge is -2.24. The first-order valence-corrected chi connectivity index (χ1v) is 7.15. The van der Waals surface area contributed by atoms with Crippen molar-refractivity contribution >= 4 is 23.0 Å². The van der Waals surface area contributed by atoms with Gasteiger partial charge in [-0.05, 0) is 47.4 Å². The third-order valence-corrected chi connectivity index (χ3v) is 3.95. The summed E-state index contributed by atoms with van der Waals surface area (Å²) < 4.78 is 0. The summed E-state index contributed by atoms with van der Waals surface area (Å²) in [4.78, 5) is 17.1. The van der Waals surface area contributed by atoms with Crippen LogP contribution in [0, 0.1) is 0 Å². The number of pyridine rings is 1. The Morgan fingerprint density at radius 1 is 1.42 bits per heavy atom. The van der Waals surface area contributed by atoms with Crippen LogP contribution in [0.15, 0.2) is 35.2 Å². The third-order valence-electron chi connectivity index (χ3n) is 3.22. The first-order chi connectivity index (χ1) is 9.24. The normalized spacial score (nSPS) is 14.3. The number of thiophene rings is 1. The lowest BCUT2D eigenvalue weighted by Crippen LogP contribution is -2.25. The average molecular weight is 274 g/mol. The molecule has 1 N–H and O–H groups in total. The summed E-state index contributed by atoms with van der Waals surface area (Å²) in [6.07, 6.45) is 4.06. The molecule has 0 atom stereocenters. The number of carboxylic acids is 1. The summed E-state index contributed by atoms with van der Waals surface area (Å²) in [5.41, 5.74) is 2.38. The summed E-state index contributed by atoms with van der Waals surface area (Å²) >= 11 is 1.70. The summed E-state index contributed by atoms with van der Waals surface area (Å²) in [5, 5.41) is 13.1. The van der Waals surface area contributed by atoms with Crippen molar-refractivity contribution in [2.45, 2.75) is 25.4 Å². The SMILES string of the molecule is O=C(O)c1ccc(N(Cc2ccsc2)C2CC2)cn1. The Kier molecular flexibility index (Phi) is 3.21. The van der Waals surface area contributed by atoms with Crippen LogP contribution < -0.4 is 4.90 Å². The second-order valence-electron chi connectivity index (χ2n) is 4.70. The van der Waals surface area contributed by atoms with E-state index in [4.69, 9.17) is 5.11 Å². The van der Waals surface area contributed by atoms with E-state index in [2.05, 4.69) is 26.7 Å². The highest BCUT2D eigenvalue weighted by Crippen LogP contribution is 2.33. The minimum absolute atomic E-state index is 0.0926. The molecule has 0 aromatic carbocycles. The molecule has 5 heteroatoms. The van der Waals surface area contributed by atoms with Gasteiger partial charge in [-0.25, -0.2) is 9.78 Å². The molecule has 98 valence electrons. The van der Waals surface area contributed by atoms with Gasteiger partial charge in [0, 0.05) is 12.6 Å². The van der Waals surface area contributed by atoms with Crippen LogP contribution in [-0.2, 0) is 6.54 Å². The summed E-state index contributed by atoms with van der Waals surface area (Å²) in [6.45, 7) is 0.863. The minimum Gasteiger partial charge on any atom is -0.477 e. The molecule has 1 fully saturated rings. The van der Waals surface area contributed by atoms with E-state index in [9.17, 15) is 4.79 Å². The van der Waals surface area contributed by atoms with E-state index in [1.165, 1.54) is 18.4 Å². The molecule has 3 rings (SSSR count). The van der Waals surface area contributed by atoms with Crippen LogP contribution in [0.5, 0.6) is 0 Å². The molecule has 0 saturated heterocycles. The van der Waals surface area contributed by atoms with Crippen LogP contribution in [0.4, 0.5) is 5.69 Å². The highest BCUT2D eigenvalue weighted by molar-refractivity contribution is 7.07. The Labute approximate surface area is 115 Å². The highest BCUT2D eigenvalue weighted by Gasteiger charge is 2.29. The summed E-state index contributed by atoms with van der Waals surface area (Å²) in [5.74, 6) is -0.984. The smallest absolute Gasteiger partial charge is 0.354 e. The van der Waals surface area contributed by atoms with Gasteiger partial charge in [-0.15, -0.1) is 0 Å². The van der Waals surface area contributed by atoms with Gasteiger partial charge < -0.3 is 10.0 Å². The molecule has 0 bridgehead atoms. The predicted octanol–water partition coefficient (Wildman–Crippen LogP) is 3.01. The fourth-order valence-corrected chi connectivity index (χ4v) is 2.74. The Morgan fingerprint density at radius 2 is 2.26 bits per heavy atom. The molecule has 0 amide bonds. The quantitative estimate of drug-likeness (QED) is 0.910. The van der Waals surface area contributed by atoms with Crippen LogP contribution in [0.2, 0.25) is 0 Å². The molecule has 2 aromatic heterocycles. The zero-order valence-electron chi connectivity index (χ0n) is 10.3. The van der Waals surface area contributed by atoms with Crippen molar-refractivity contribution in [2.75, 3.05) is 4.90 Å². The number of rotatable bonds is 5. The number of aromatic nitrogens is 1. The van der Waals surface area contributed by atoms with E-state index >= 15 is 0 Å². The molecular formula is C14H14N2O2S. The zero-order chi connectivity index (χ0) is 13.2. The molecule has 19 heavy (non-hydrogen) atoms. The Morgan fingerprint density at radius 3 is 2.79 bits per heavy atom. The molecule has 1 aliphatic rings. The molecule has 1 saturated carbocycles. The van der Waals surface area contributed by atoms with E-state index in [0.29, 0.717) is 6.04 Å². The lowest BCUT2D eigenvalue weighted by atomic mass is 10.2. The topological polar surface area (TPSA) is 53.4 Å². The van der Waals surface area contributed by atoms with Crippen LogP contribution in [0.25, 0.3) is 0 Å². The first kappa shape index (κ1) is 12.2. The van der Waals surface area contributed by atoms with Gasteiger partial charge in [0.2, 0.25) is 0 Å². The third kappa shape index (κ3) is 2.76. The van der Waals surface area contributed by atoms with Gasteiger partial charge in [0.15, 0.2) is 0 Å². The van der Waals surface area contributed by atoms with E-state index in [-0.39, 0.29) is 5.69 Å². The largest absolute Gasteiger partial charge is 0.477 e. The van der Waals surface area contributed by atoms with Crippen LogP contribution >= 0.6 is 11.3 Å². The van der Waals surface area contributed by atoms with E-state index in [0.717, 1.165) is 12.2 Å². The van der Waals surface area contributed by atoms with Crippen molar-refractivity contribution in [2.24, 2.45) is 0 Å². The Balaban J connectivity index is 1.81. The zero-order valence-corrected chi connectivity index (χ0v) is 11.1. The Bertz CT molecular complexity index is 562. The minimum atomic E-state index is -0.984. The van der Waals surface area contributed by atoms with Gasteiger partial charge >= 0.3 is 5.97 Å². The van der Waals surface area contributed by atoms with Crippen LogP contribution in [0.1, 0.15) is 28.9 Å². The molecule has 0 radical (unpaired) electrons. The first-order valence-electron chi connectivity index (χ1n) is 6.21. The molecule has 0 unspecified atom stereocenters. The van der Waals surface area contributed by atoms with Crippen molar-refractivity contribution in [1.82, 2.24) is 4.98 Å². The molecule has 0 aliphatic heterocycles. The monoisotopic (exact) mass is 274 g/mol. The van der Waals surface area contributed by atoms with Crippen LogP contribution in [0.3, 0.4) is 0 Å². The number of hydrogen-bond donors (Lipinski definition) is 1. The molecule has 2 aromatic rings. The second-order valence-corrected chi connectivity index (χ2v) is 5.48. The van der Waals surface area contributed by atoms with Crippen molar-refractivity contribution in [1.29, 1.82) is 0 Å². The van der Waals surface area contributed by atoms with Crippen molar-refractivity contribution < 1.29 is 9.90 Å². The van der Waals surface area contributed by atoms with E-state index < -0.39 is 5.97 Å². The fourth-order valence-electron chi connectivity index (χ4n) is 2.08. The number of carboxylic acid groups (broad SMARTS) is 1. The summed E-state index contributed by atoms with van der Waals surface area (Å²) in [7, 11) is 0. The standard InChI is InChI=1S/C14H14N2O2S/c17-14(18)13-4-3-12(7-15-13)16(11-1-2-11)8-10-5-6-19-9-10/h3-7,9,11H,1-2,8H2,(H,17,18). The molecule has 1 aliphatic carbocycles. The number of aromatic carboxylic acids is 1. The molecule has 2 heterocycles. The van der Waals surface area contributed by atoms with Gasteiger partial charge in [0.25, 0.3) is 0 Å². The molecular weight excluding hydrogens is 260 g/mol. The Hall–Kier alpha value is -1.88. The van der Waals surface area contributed by atoms with Gasteiger partial charge in [-0.3, -0.25) is 0 Å². The van der Waals surface area contributed by atoms with Crippen molar-refractivity contribution in [3.63, 3.8) is 0 Å². The lowest BCUT2D eigenvalue weighted by molar-refractivity contribution is 0.0690. The van der Waals surface area contributed by atoms with Crippen molar-refractivity contribution in [3.05, 3.63) is 46.4 Å². The second kappa shape index (κ2) is 5.01. The molecule has 4 nitrogen and oxygen atoms in total. The van der Waals surface area contributed by atoms with E-state index in [1.807, 2.05) is 6.07 Å². The van der Waals surface area contributed by atoms with Gasteiger partial charge in [0.1, 0.15) is 5.69 Å². The maximum Gasteiger partial charge on any atom is 0.354 e. The number of anilines is 1. The maximum atomic E-state index is 10.8. The van der Waals surface area contributed by atoms with E-state index in [1.54, 1.807) is 23.6 Å². The number of hydrogen-bond acceptors (Lipinski definition) is 4. The number of nitrogens with zero attached hydrogens (tertiary/aromatic N) is 2. The van der Waals surface area contributed by atoms with Crippen LogP contribution in [-0.4, -0.2) is 22.1 Å². The van der Waals surface area contributed by atoms with Gasteiger partial charge in [0.05, 0.1) is 11.9 Å². The van der Waals surface area contributed by atoms with Crippen molar-refractivity contribution in [3.8, 4) is 0 Å². The fraction of sp³-hybridized carbons (Fsp3) is 0.286. The summed E-state index contributed by atoms with van der Waals surface area (Å²) in [6, 6.07) is 6.11.